The molecule has 4 aromatic rings. The number of likely N-dealkylation sites (tertiary alicyclic amines) is 1. The smallest absolute Gasteiger partial charge is 0.199 e. The van der Waals surface area contributed by atoms with Crippen molar-refractivity contribution in [1.29, 1.82) is 0 Å². The van der Waals surface area contributed by atoms with Crippen LogP contribution in [0.5, 0.6) is 5.88 Å². The van der Waals surface area contributed by atoms with E-state index in [1.165, 1.54) is 37.1 Å². The van der Waals surface area contributed by atoms with Crippen LogP contribution in [0.4, 0.5) is 5.69 Å². The minimum absolute atomic E-state index is 0.162. The molecule has 1 aromatic heterocycles. The highest BCUT2D eigenvalue weighted by Crippen LogP contribution is 2.34. The molecule has 5 rings (SSSR count). The fourth-order valence-electron chi connectivity index (χ4n) is 5.32. The number of nitrogens with zero attached hydrogens (tertiary/aromatic N) is 2. The van der Waals surface area contributed by atoms with E-state index in [1.54, 1.807) is 0 Å². The van der Waals surface area contributed by atoms with Crippen molar-refractivity contribution in [3.63, 3.8) is 0 Å². The zero-order valence-corrected chi connectivity index (χ0v) is 20.8. The van der Waals surface area contributed by atoms with Crippen molar-refractivity contribution in [3.05, 3.63) is 95.1 Å². The normalized spacial score (nSPS) is 14.9. The predicted octanol–water partition coefficient (Wildman–Crippen LogP) is 7.54. The molecule has 180 valence electrons. The molecule has 1 saturated heterocycles. The molecular formula is C31H35N3O. The van der Waals surface area contributed by atoms with Gasteiger partial charge in [-0.15, -0.1) is 0 Å². The molecule has 0 radical (unpaired) electrons. The summed E-state index contributed by atoms with van der Waals surface area (Å²) < 4.78 is 0. The van der Waals surface area contributed by atoms with Gasteiger partial charge in [0.05, 0.1) is 17.0 Å². The Hall–Kier alpha value is -3.37. The second-order valence-electron chi connectivity index (χ2n) is 9.64. The van der Waals surface area contributed by atoms with E-state index in [1.807, 2.05) is 18.2 Å². The summed E-state index contributed by atoms with van der Waals surface area (Å²) >= 11 is 0. The molecule has 1 aliphatic rings. The van der Waals surface area contributed by atoms with Crippen molar-refractivity contribution >= 4 is 22.3 Å². The molecule has 0 atom stereocenters. The summed E-state index contributed by atoms with van der Waals surface area (Å²) in [5.74, 6) is 0.685. The van der Waals surface area contributed by atoms with Crippen LogP contribution >= 0.6 is 0 Å². The van der Waals surface area contributed by atoms with Crippen molar-refractivity contribution in [2.75, 3.05) is 13.1 Å². The first-order valence-electron chi connectivity index (χ1n) is 13.0. The van der Waals surface area contributed by atoms with Crippen LogP contribution in [0.1, 0.15) is 67.7 Å². The predicted molar refractivity (Wildman–Crippen MR) is 146 cm³/mol. The van der Waals surface area contributed by atoms with E-state index >= 15 is 0 Å². The third kappa shape index (κ3) is 5.03. The highest BCUT2D eigenvalue weighted by Gasteiger charge is 2.20. The first kappa shape index (κ1) is 23.4. The number of rotatable bonds is 8. The zero-order chi connectivity index (χ0) is 24.2. The van der Waals surface area contributed by atoms with E-state index in [-0.39, 0.29) is 5.88 Å². The first-order valence-corrected chi connectivity index (χ1v) is 13.0. The number of fused-ring (bicyclic) bond motifs is 1. The van der Waals surface area contributed by atoms with Crippen LogP contribution in [0.2, 0.25) is 0 Å². The summed E-state index contributed by atoms with van der Waals surface area (Å²) in [5.41, 5.74) is 6.97. The van der Waals surface area contributed by atoms with Gasteiger partial charge in [0.25, 0.3) is 0 Å². The summed E-state index contributed by atoms with van der Waals surface area (Å²) in [7, 11) is 0. The molecule has 4 heteroatoms. The van der Waals surface area contributed by atoms with E-state index in [0.29, 0.717) is 5.92 Å². The standard InChI is InChI=1S/C31H35N3O/c1-3-23(4-2)25-14-17-27-28(20-25)33-31(35)29(27)30(24-10-6-5-7-11-24)32-26-15-12-22(13-16-26)21-34-18-8-9-19-34/h5-7,10-17,20,23,33,35H,3-4,8-9,18-19,21H2,1-2H3. The molecule has 0 spiro atoms. The average Bonchev–Trinajstić information content (AvgIpc) is 3.51. The van der Waals surface area contributed by atoms with Gasteiger partial charge in [0, 0.05) is 23.0 Å². The Morgan fingerprint density at radius 2 is 1.66 bits per heavy atom. The number of aromatic nitrogens is 1. The Balaban J connectivity index is 1.55. The van der Waals surface area contributed by atoms with Gasteiger partial charge in [-0.05, 0) is 74.0 Å². The van der Waals surface area contributed by atoms with Crippen molar-refractivity contribution in [2.45, 2.75) is 52.0 Å². The van der Waals surface area contributed by atoms with E-state index in [0.717, 1.165) is 52.8 Å². The van der Waals surface area contributed by atoms with Crippen LogP contribution in [-0.2, 0) is 6.54 Å². The van der Waals surface area contributed by atoms with Crippen LogP contribution < -0.4 is 0 Å². The SMILES string of the molecule is CCC(CC)c1ccc2c(C(=Nc3ccc(CN4CCCC4)cc3)c3ccccc3)c(O)[nH]c2c1. The molecule has 2 heterocycles. The molecule has 3 aromatic carbocycles. The number of benzene rings is 3. The summed E-state index contributed by atoms with van der Waals surface area (Å²) in [4.78, 5) is 10.8. The van der Waals surface area contributed by atoms with Crippen molar-refractivity contribution in [1.82, 2.24) is 9.88 Å². The van der Waals surface area contributed by atoms with Gasteiger partial charge in [-0.1, -0.05) is 68.4 Å². The van der Waals surface area contributed by atoms with Gasteiger partial charge < -0.3 is 10.1 Å². The number of hydrogen-bond donors (Lipinski definition) is 2. The van der Waals surface area contributed by atoms with Gasteiger partial charge in [0.1, 0.15) is 0 Å². The lowest BCUT2D eigenvalue weighted by molar-refractivity contribution is 0.331. The Bertz CT molecular complexity index is 1290. The van der Waals surface area contributed by atoms with Gasteiger partial charge in [-0.25, -0.2) is 4.99 Å². The van der Waals surface area contributed by atoms with Crippen molar-refractivity contribution < 1.29 is 5.11 Å². The Labute approximate surface area is 208 Å². The molecule has 0 bridgehead atoms. The molecule has 0 saturated carbocycles. The summed E-state index contributed by atoms with van der Waals surface area (Å²) in [6.45, 7) is 7.84. The number of aromatic amines is 1. The third-order valence-corrected chi connectivity index (χ3v) is 7.33. The minimum atomic E-state index is 0.162. The quantitative estimate of drug-likeness (QED) is 0.264. The second-order valence-corrected chi connectivity index (χ2v) is 9.64. The zero-order valence-electron chi connectivity index (χ0n) is 20.8. The first-order chi connectivity index (χ1) is 17.2. The highest BCUT2D eigenvalue weighted by molar-refractivity contribution is 6.21. The maximum atomic E-state index is 11.0. The lowest BCUT2D eigenvalue weighted by atomic mass is 9.92. The van der Waals surface area contributed by atoms with Crippen LogP contribution in [0.3, 0.4) is 0 Å². The van der Waals surface area contributed by atoms with Crippen LogP contribution in [0, 0.1) is 0 Å². The van der Waals surface area contributed by atoms with Crippen molar-refractivity contribution in [3.8, 4) is 5.88 Å². The molecule has 1 aliphatic heterocycles. The maximum Gasteiger partial charge on any atom is 0.199 e. The molecule has 1 fully saturated rings. The van der Waals surface area contributed by atoms with Crippen LogP contribution in [0.25, 0.3) is 10.9 Å². The summed E-state index contributed by atoms with van der Waals surface area (Å²) in [6, 6.07) is 25.2. The monoisotopic (exact) mass is 465 g/mol. The Kier molecular flexibility index (Phi) is 7.01. The Morgan fingerprint density at radius 1 is 0.943 bits per heavy atom. The number of nitrogens with one attached hydrogen (secondary N) is 1. The third-order valence-electron chi connectivity index (χ3n) is 7.33. The van der Waals surface area contributed by atoms with Crippen LogP contribution in [0.15, 0.2) is 77.8 Å². The van der Waals surface area contributed by atoms with E-state index in [4.69, 9.17) is 4.99 Å². The number of aromatic hydroxyl groups is 1. The molecular weight excluding hydrogens is 430 g/mol. The molecule has 0 aliphatic carbocycles. The number of H-pyrrole nitrogens is 1. The van der Waals surface area contributed by atoms with Gasteiger partial charge in [0.15, 0.2) is 5.88 Å². The summed E-state index contributed by atoms with van der Waals surface area (Å²) in [5, 5.41) is 12.0. The molecule has 0 amide bonds. The highest BCUT2D eigenvalue weighted by atomic mass is 16.3. The van der Waals surface area contributed by atoms with Gasteiger partial charge in [-0.3, -0.25) is 4.90 Å². The fourth-order valence-corrected chi connectivity index (χ4v) is 5.32. The lowest BCUT2D eigenvalue weighted by Gasteiger charge is -2.14. The fraction of sp³-hybridized carbons (Fsp3) is 0.323. The molecule has 4 nitrogen and oxygen atoms in total. The van der Waals surface area contributed by atoms with Crippen molar-refractivity contribution in [2.24, 2.45) is 4.99 Å². The average molecular weight is 466 g/mol. The number of hydrogen-bond acceptors (Lipinski definition) is 3. The van der Waals surface area contributed by atoms with E-state index < -0.39 is 0 Å². The molecule has 35 heavy (non-hydrogen) atoms. The number of aliphatic imine (C=N–C) groups is 1. The van der Waals surface area contributed by atoms with Gasteiger partial charge >= 0.3 is 0 Å². The molecule has 0 unspecified atom stereocenters. The topological polar surface area (TPSA) is 51.6 Å². The maximum absolute atomic E-state index is 11.0. The van der Waals surface area contributed by atoms with Gasteiger partial charge in [-0.2, -0.15) is 0 Å². The van der Waals surface area contributed by atoms with Crippen LogP contribution in [-0.4, -0.2) is 33.8 Å². The lowest BCUT2D eigenvalue weighted by Crippen LogP contribution is -2.18. The van der Waals surface area contributed by atoms with Gasteiger partial charge in [0.2, 0.25) is 0 Å². The second kappa shape index (κ2) is 10.5. The van der Waals surface area contributed by atoms with E-state index in [2.05, 4.69) is 78.3 Å². The van der Waals surface area contributed by atoms with E-state index in [9.17, 15) is 5.11 Å². The molecule has 2 N–H and O–H groups in total. The summed E-state index contributed by atoms with van der Waals surface area (Å²) in [6.07, 6.45) is 4.81. The largest absolute Gasteiger partial charge is 0.494 e. The Morgan fingerprint density at radius 3 is 2.34 bits per heavy atom. The minimum Gasteiger partial charge on any atom is -0.494 e.